The van der Waals surface area contributed by atoms with Gasteiger partial charge in [0.05, 0.1) is 0 Å². The van der Waals surface area contributed by atoms with Crippen LogP contribution in [0.3, 0.4) is 0 Å². The van der Waals surface area contributed by atoms with E-state index >= 15 is 0 Å². The van der Waals surface area contributed by atoms with E-state index in [1.54, 1.807) is 0 Å². The van der Waals surface area contributed by atoms with Gasteiger partial charge in [-0.15, -0.1) is 0 Å². The molecular formula is C20H16N2O. The second-order valence-electron chi connectivity index (χ2n) is 5.40. The molecule has 112 valence electrons. The zero-order chi connectivity index (χ0) is 15.5. The van der Waals surface area contributed by atoms with Gasteiger partial charge in [0.2, 0.25) is 0 Å². The van der Waals surface area contributed by atoms with Gasteiger partial charge < -0.3 is 9.72 Å². The molecule has 0 atom stereocenters. The van der Waals surface area contributed by atoms with Gasteiger partial charge in [0, 0.05) is 17.8 Å². The minimum atomic E-state index is 0.581. The Bertz CT molecular complexity index is 911. The van der Waals surface area contributed by atoms with Crippen LogP contribution in [0.5, 0.6) is 5.75 Å². The third-order valence-electron chi connectivity index (χ3n) is 3.87. The number of ether oxygens (including phenoxy) is 1. The van der Waals surface area contributed by atoms with E-state index < -0.39 is 0 Å². The van der Waals surface area contributed by atoms with E-state index in [0.29, 0.717) is 6.61 Å². The number of H-pyrrole nitrogens is 1. The smallest absolute Gasteiger partial charge is 0.137 e. The highest BCUT2D eigenvalue weighted by molar-refractivity contribution is 5.92. The number of hydrogen-bond donors (Lipinski definition) is 1. The standard InChI is InChI=1S/C20H16N2O/c1-2-4-15(5-3-1)14-23-17-8-6-16(7-9-17)18-10-12-21-20-19(18)11-13-22-20/h1-13H,14H2,(H,21,22). The van der Waals surface area contributed by atoms with Crippen molar-refractivity contribution in [2.24, 2.45) is 0 Å². The van der Waals surface area contributed by atoms with Crippen LogP contribution in [-0.2, 0) is 6.61 Å². The number of nitrogens with zero attached hydrogens (tertiary/aromatic N) is 1. The Morgan fingerprint density at radius 1 is 0.870 bits per heavy atom. The average Bonchev–Trinajstić information content (AvgIpc) is 3.10. The maximum Gasteiger partial charge on any atom is 0.137 e. The summed E-state index contributed by atoms with van der Waals surface area (Å²) >= 11 is 0. The van der Waals surface area contributed by atoms with Crippen LogP contribution in [0.4, 0.5) is 0 Å². The number of pyridine rings is 1. The van der Waals surface area contributed by atoms with Crippen molar-refractivity contribution in [1.29, 1.82) is 0 Å². The molecule has 4 aromatic rings. The summed E-state index contributed by atoms with van der Waals surface area (Å²) in [6.45, 7) is 0.581. The first-order valence-corrected chi connectivity index (χ1v) is 7.59. The minimum absolute atomic E-state index is 0.581. The zero-order valence-electron chi connectivity index (χ0n) is 12.6. The van der Waals surface area contributed by atoms with Crippen molar-refractivity contribution in [3.8, 4) is 16.9 Å². The highest BCUT2D eigenvalue weighted by Crippen LogP contribution is 2.28. The Labute approximate surface area is 134 Å². The van der Waals surface area contributed by atoms with Gasteiger partial charge in [-0.2, -0.15) is 0 Å². The summed E-state index contributed by atoms with van der Waals surface area (Å²) < 4.78 is 5.84. The van der Waals surface area contributed by atoms with Crippen LogP contribution in [0.15, 0.2) is 79.1 Å². The molecule has 0 aliphatic heterocycles. The molecule has 1 N–H and O–H groups in total. The molecule has 0 aliphatic carbocycles. The normalized spacial score (nSPS) is 10.8. The summed E-state index contributed by atoms with van der Waals surface area (Å²) in [5.41, 5.74) is 4.40. The summed E-state index contributed by atoms with van der Waals surface area (Å²) in [7, 11) is 0. The van der Waals surface area contributed by atoms with E-state index in [4.69, 9.17) is 4.74 Å². The molecule has 0 saturated heterocycles. The lowest BCUT2D eigenvalue weighted by atomic mass is 10.0. The Hall–Kier alpha value is -3.07. The average molecular weight is 300 g/mol. The molecule has 0 saturated carbocycles. The molecule has 2 aromatic heterocycles. The second kappa shape index (κ2) is 5.97. The predicted molar refractivity (Wildman–Crippen MR) is 92.3 cm³/mol. The van der Waals surface area contributed by atoms with Crippen LogP contribution < -0.4 is 4.74 Å². The first kappa shape index (κ1) is 13.6. The first-order chi connectivity index (χ1) is 11.4. The van der Waals surface area contributed by atoms with Crippen LogP contribution in [0.1, 0.15) is 5.56 Å². The highest BCUT2D eigenvalue weighted by Gasteiger charge is 2.05. The van der Waals surface area contributed by atoms with Gasteiger partial charge in [-0.05, 0) is 41.0 Å². The maximum atomic E-state index is 5.84. The van der Waals surface area contributed by atoms with E-state index in [2.05, 4.69) is 40.3 Å². The van der Waals surface area contributed by atoms with E-state index in [-0.39, 0.29) is 0 Å². The molecule has 0 fully saturated rings. The largest absolute Gasteiger partial charge is 0.489 e. The molecular weight excluding hydrogens is 284 g/mol. The fourth-order valence-electron chi connectivity index (χ4n) is 2.68. The van der Waals surface area contributed by atoms with Gasteiger partial charge in [0.25, 0.3) is 0 Å². The number of hydrogen-bond acceptors (Lipinski definition) is 2. The minimum Gasteiger partial charge on any atom is -0.489 e. The Balaban J connectivity index is 1.55. The third-order valence-corrected chi connectivity index (χ3v) is 3.87. The number of benzene rings is 2. The molecule has 4 rings (SSSR count). The Kier molecular flexibility index (Phi) is 3.53. The van der Waals surface area contributed by atoms with E-state index in [1.165, 1.54) is 11.1 Å². The molecule has 2 aromatic carbocycles. The number of rotatable bonds is 4. The van der Waals surface area contributed by atoms with E-state index in [0.717, 1.165) is 22.3 Å². The number of nitrogens with one attached hydrogen (secondary N) is 1. The van der Waals surface area contributed by atoms with Gasteiger partial charge in [0.1, 0.15) is 18.0 Å². The first-order valence-electron chi connectivity index (χ1n) is 7.59. The van der Waals surface area contributed by atoms with Crippen LogP contribution in [0, 0.1) is 0 Å². The van der Waals surface area contributed by atoms with Crippen LogP contribution >= 0.6 is 0 Å². The maximum absolute atomic E-state index is 5.84. The fourth-order valence-corrected chi connectivity index (χ4v) is 2.68. The van der Waals surface area contributed by atoms with Crippen molar-refractivity contribution >= 4 is 11.0 Å². The molecule has 3 nitrogen and oxygen atoms in total. The van der Waals surface area contributed by atoms with Crippen LogP contribution in [0.25, 0.3) is 22.2 Å². The van der Waals surface area contributed by atoms with Gasteiger partial charge in [0.15, 0.2) is 0 Å². The van der Waals surface area contributed by atoms with Gasteiger partial charge in [-0.1, -0.05) is 42.5 Å². The summed E-state index contributed by atoms with van der Waals surface area (Å²) in [5, 5.41) is 1.13. The second-order valence-corrected chi connectivity index (χ2v) is 5.40. The van der Waals surface area contributed by atoms with Crippen molar-refractivity contribution in [3.63, 3.8) is 0 Å². The number of aromatic nitrogens is 2. The van der Waals surface area contributed by atoms with Crippen LogP contribution in [-0.4, -0.2) is 9.97 Å². The lowest BCUT2D eigenvalue weighted by Crippen LogP contribution is -1.94. The molecule has 2 heterocycles. The topological polar surface area (TPSA) is 37.9 Å². The number of aromatic amines is 1. The number of fused-ring (bicyclic) bond motifs is 1. The SMILES string of the molecule is c1ccc(COc2ccc(-c3ccnc4[nH]ccc34)cc2)cc1. The molecule has 0 bridgehead atoms. The van der Waals surface area contributed by atoms with Crippen molar-refractivity contribution in [1.82, 2.24) is 9.97 Å². The van der Waals surface area contributed by atoms with Crippen molar-refractivity contribution in [2.75, 3.05) is 0 Å². The van der Waals surface area contributed by atoms with Crippen molar-refractivity contribution in [2.45, 2.75) is 6.61 Å². The summed E-state index contributed by atoms with van der Waals surface area (Å²) in [4.78, 5) is 7.47. The van der Waals surface area contributed by atoms with Crippen molar-refractivity contribution in [3.05, 3.63) is 84.7 Å². The monoisotopic (exact) mass is 300 g/mol. The Morgan fingerprint density at radius 3 is 2.52 bits per heavy atom. The summed E-state index contributed by atoms with van der Waals surface area (Å²) in [6, 6.07) is 22.5. The highest BCUT2D eigenvalue weighted by atomic mass is 16.5. The molecule has 0 spiro atoms. The molecule has 0 radical (unpaired) electrons. The van der Waals surface area contributed by atoms with Crippen LogP contribution in [0.2, 0.25) is 0 Å². The van der Waals surface area contributed by atoms with Gasteiger partial charge >= 0.3 is 0 Å². The molecule has 3 heteroatoms. The van der Waals surface area contributed by atoms with Gasteiger partial charge in [-0.25, -0.2) is 4.98 Å². The predicted octanol–water partition coefficient (Wildman–Crippen LogP) is 4.81. The van der Waals surface area contributed by atoms with Gasteiger partial charge in [-0.3, -0.25) is 0 Å². The third kappa shape index (κ3) is 2.81. The lowest BCUT2D eigenvalue weighted by Gasteiger charge is -2.08. The Morgan fingerprint density at radius 2 is 1.70 bits per heavy atom. The molecule has 0 amide bonds. The molecule has 23 heavy (non-hydrogen) atoms. The van der Waals surface area contributed by atoms with E-state index in [1.807, 2.05) is 48.8 Å². The van der Waals surface area contributed by atoms with E-state index in [9.17, 15) is 0 Å². The summed E-state index contributed by atoms with van der Waals surface area (Å²) in [5.74, 6) is 0.872. The zero-order valence-corrected chi connectivity index (χ0v) is 12.6. The lowest BCUT2D eigenvalue weighted by molar-refractivity contribution is 0.306. The van der Waals surface area contributed by atoms with Crippen molar-refractivity contribution < 1.29 is 4.74 Å². The fraction of sp³-hybridized carbons (Fsp3) is 0.0500. The molecule has 0 unspecified atom stereocenters. The summed E-state index contributed by atoms with van der Waals surface area (Å²) in [6.07, 6.45) is 3.74. The quantitative estimate of drug-likeness (QED) is 0.587. The molecule has 0 aliphatic rings.